The summed E-state index contributed by atoms with van der Waals surface area (Å²) in [5, 5.41) is 13.7. The van der Waals surface area contributed by atoms with E-state index >= 15 is 0 Å². The molecule has 148 valence electrons. The summed E-state index contributed by atoms with van der Waals surface area (Å²) in [6.07, 6.45) is 3.40. The molecule has 0 radical (unpaired) electrons. The van der Waals surface area contributed by atoms with Gasteiger partial charge in [0.25, 0.3) is 0 Å². The van der Waals surface area contributed by atoms with Crippen LogP contribution in [0.25, 0.3) is 22.3 Å². The normalized spacial score (nSPS) is 11.7. The number of sulfonamides is 1. The number of halogens is 1. The number of aromatic nitrogens is 5. The fourth-order valence-corrected chi connectivity index (χ4v) is 3.62. The average molecular weight is 430 g/mol. The molecule has 0 bridgehead atoms. The molecule has 0 saturated heterocycles. The SMILES string of the molecule is Cn1nc(-c2cccnc2)c2c(NCc3ccc(S(N)(=O)=O)cc3)nc(Cl)nc21. The van der Waals surface area contributed by atoms with Gasteiger partial charge in [-0.05, 0) is 41.4 Å². The molecule has 29 heavy (non-hydrogen) atoms. The maximum Gasteiger partial charge on any atom is 0.238 e. The number of benzene rings is 1. The fourth-order valence-electron chi connectivity index (χ4n) is 2.94. The van der Waals surface area contributed by atoms with E-state index in [2.05, 4.69) is 25.4 Å². The molecule has 0 saturated carbocycles. The van der Waals surface area contributed by atoms with Gasteiger partial charge in [0.1, 0.15) is 11.5 Å². The van der Waals surface area contributed by atoms with Gasteiger partial charge in [-0.15, -0.1) is 0 Å². The predicted octanol–water partition coefficient (Wildman–Crippen LogP) is 2.34. The second-order valence-corrected chi connectivity index (χ2v) is 8.20. The van der Waals surface area contributed by atoms with Crippen molar-refractivity contribution >= 4 is 38.5 Å². The van der Waals surface area contributed by atoms with Gasteiger partial charge in [-0.1, -0.05) is 12.1 Å². The lowest BCUT2D eigenvalue weighted by Gasteiger charge is -2.09. The van der Waals surface area contributed by atoms with E-state index in [-0.39, 0.29) is 10.2 Å². The lowest BCUT2D eigenvalue weighted by atomic mass is 10.1. The summed E-state index contributed by atoms with van der Waals surface area (Å²) in [6, 6.07) is 10.0. The first kappa shape index (κ1) is 19.2. The third-order valence-electron chi connectivity index (χ3n) is 4.30. The van der Waals surface area contributed by atoms with Crippen LogP contribution in [0.15, 0.2) is 53.7 Å². The van der Waals surface area contributed by atoms with Crippen LogP contribution in [-0.2, 0) is 23.6 Å². The maximum atomic E-state index is 11.4. The summed E-state index contributed by atoms with van der Waals surface area (Å²) >= 11 is 6.11. The molecule has 0 atom stereocenters. The lowest BCUT2D eigenvalue weighted by molar-refractivity contribution is 0.598. The van der Waals surface area contributed by atoms with Crippen molar-refractivity contribution in [2.75, 3.05) is 5.32 Å². The number of nitrogens with zero attached hydrogens (tertiary/aromatic N) is 5. The standard InChI is InChI=1S/C18H16ClN7O2S/c1-26-17-14(15(25-26)12-3-2-8-21-10-12)16(23-18(19)24-17)22-9-11-4-6-13(7-5-11)29(20,27)28/h2-8,10H,9H2,1H3,(H2,20,27,28)(H,22,23,24). The average Bonchev–Trinajstić information content (AvgIpc) is 3.03. The van der Waals surface area contributed by atoms with E-state index in [4.69, 9.17) is 16.7 Å². The molecule has 3 aromatic heterocycles. The van der Waals surface area contributed by atoms with Crippen molar-refractivity contribution < 1.29 is 8.42 Å². The monoisotopic (exact) mass is 429 g/mol. The van der Waals surface area contributed by atoms with Gasteiger partial charge in [0.2, 0.25) is 15.3 Å². The Bertz CT molecular complexity index is 1290. The molecule has 0 fully saturated rings. The highest BCUT2D eigenvalue weighted by atomic mass is 35.5. The van der Waals surface area contributed by atoms with Crippen LogP contribution in [0.4, 0.5) is 5.82 Å². The van der Waals surface area contributed by atoms with Crippen molar-refractivity contribution in [3.05, 3.63) is 59.6 Å². The molecular formula is C18H16ClN7O2S. The zero-order valence-corrected chi connectivity index (χ0v) is 16.8. The second-order valence-electron chi connectivity index (χ2n) is 6.30. The third-order valence-corrected chi connectivity index (χ3v) is 5.40. The molecule has 1 aromatic carbocycles. The minimum atomic E-state index is -3.73. The fraction of sp³-hybridized carbons (Fsp3) is 0.111. The number of aryl methyl sites for hydroxylation is 1. The van der Waals surface area contributed by atoms with Gasteiger partial charge in [-0.2, -0.15) is 15.1 Å². The molecule has 3 heterocycles. The molecule has 3 N–H and O–H groups in total. The van der Waals surface area contributed by atoms with Gasteiger partial charge >= 0.3 is 0 Å². The van der Waals surface area contributed by atoms with Gasteiger partial charge < -0.3 is 5.32 Å². The van der Waals surface area contributed by atoms with E-state index < -0.39 is 10.0 Å². The van der Waals surface area contributed by atoms with Gasteiger partial charge in [-0.3, -0.25) is 4.98 Å². The number of anilines is 1. The number of hydrogen-bond acceptors (Lipinski definition) is 7. The topological polar surface area (TPSA) is 129 Å². The molecule has 11 heteroatoms. The number of rotatable bonds is 5. The van der Waals surface area contributed by atoms with Crippen LogP contribution >= 0.6 is 11.6 Å². The van der Waals surface area contributed by atoms with Crippen LogP contribution < -0.4 is 10.5 Å². The van der Waals surface area contributed by atoms with Gasteiger partial charge in [0.15, 0.2) is 5.65 Å². The van der Waals surface area contributed by atoms with E-state index in [9.17, 15) is 8.42 Å². The summed E-state index contributed by atoms with van der Waals surface area (Å²) in [7, 11) is -1.95. The highest BCUT2D eigenvalue weighted by Gasteiger charge is 2.18. The Morgan fingerprint density at radius 2 is 1.93 bits per heavy atom. The van der Waals surface area contributed by atoms with E-state index in [1.54, 1.807) is 36.3 Å². The number of nitrogens with two attached hydrogens (primary N) is 1. The van der Waals surface area contributed by atoms with E-state index in [0.717, 1.165) is 11.1 Å². The molecule has 9 nitrogen and oxygen atoms in total. The Labute approximate surface area is 171 Å². The first-order valence-electron chi connectivity index (χ1n) is 8.49. The summed E-state index contributed by atoms with van der Waals surface area (Å²) in [6.45, 7) is 0.384. The van der Waals surface area contributed by atoms with Crippen LogP contribution in [-0.4, -0.2) is 33.2 Å². The van der Waals surface area contributed by atoms with Crippen molar-refractivity contribution in [2.45, 2.75) is 11.4 Å². The molecule has 0 aliphatic rings. The molecule has 4 aromatic rings. The summed E-state index contributed by atoms with van der Waals surface area (Å²) in [5.41, 5.74) is 2.92. The number of pyridine rings is 1. The van der Waals surface area contributed by atoms with Crippen molar-refractivity contribution in [3.63, 3.8) is 0 Å². The van der Waals surface area contributed by atoms with E-state index in [1.807, 2.05) is 12.1 Å². The van der Waals surface area contributed by atoms with Gasteiger partial charge in [0, 0.05) is 31.5 Å². The van der Waals surface area contributed by atoms with Crippen LogP contribution in [0.5, 0.6) is 0 Å². The Hall–Kier alpha value is -3.08. The number of hydrogen-bond donors (Lipinski definition) is 2. The van der Waals surface area contributed by atoms with Crippen LogP contribution in [0.1, 0.15) is 5.56 Å². The Kier molecular flexibility index (Phi) is 4.91. The maximum absolute atomic E-state index is 11.4. The highest BCUT2D eigenvalue weighted by molar-refractivity contribution is 7.89. The van der Waals surface area contributed by atoms with Gasteiger partial charge in [-0.25, -0.2) is 18.2 Å². The minimum absolute atomic E-state index is 0.0554. The van der Waals surface area contributed by atoms with Gasteiger partial charge in [0.05, 0.1) is 10.3 Å². The third kappa shape index (κ3) is 3.90. The van der Waals surface area contributed by atoms with Crippen LogP contribution in [0.3, 0.4) is 0 Å². The van der Waals surface area contributed by atoms with Crippen LogP contribution in [0.2, 0.25) is 5.28 Å². The van der Waals surface area contributed by atoms with E-state index in [0.29, 0.717) is 29.1 Å². The van der Waals surface area contributed by atoms with Crippen molar-refractivity contribution in [3.8, 4) is 11.3 Å². The smallest absolute Gasteiger partial charge is 0.238 e. The summed E-state index contributed by atoms with van der Waals surface area (Å²) in [4.78, 5) is 12.8. The molecule has 4 rings (SSSR count). The molecule has 0 unspecified atom stereocenters. The molecule has 0 aliphatic carbocycles. The minimum Gasteiger partial charge on any atom is -0.365 e. The second kappa shape index (κ2) is 7.39. The van der Waals surface area contributed by atoms with Crippen LogP contribution in [0, 0.1) is 0 Å². The Morgan fingerprint density at radius 1 is 1.17 bits per heavy atom. The molecular weight excluding hydrogens is 414 g/mol. The predicted molar refractivity (Wildman–Crippen MR) is 110 cm³/mol. The lowest BCUT2D eigenvalue weighted by Crippen LogP contribution is -2.12. The molecule has 0 amide bonds. The van der Waals surface area contributed by atoms with Crippen molar-refractivity contribution in [2.24, 2.45) is 12.2 Å². The number of primary sulfonamides is 1. The van der Waals surface area contributed by atoms with Crippen molar-refractivity contribution in [1.82, 2.24) is 24.7 Å². The largest absolute Gasteiger partial charge is 0.365 e. The summed E-state index contributed by atoms with van der Waals surface area (Å²) in [5.74, 6) is 0.516. The first-order valence-corrected chi connectivity index (χ1v) is 10.4. The zero-order valence-electron chi connectivity index (χ0n) is 15.2. The number of fused-ring (bicyclic) bond motifs is 1. The number of nitrogens with one attached hydrogen (secondary N) is 1. The quantitative estimate of drug-likeness (QED) is 0.466. The molecule has 0 aliphatic heterocycles. The van der Waals surface area contributed by atoms with Crippen molar-refractivity contribution in [1.29, 1.82) is 0 Å². The first-order chi connectivity index (χ1) is 13.8. The Morgan fingerprint density at radius 3 is 2.59 bits per heavy atom. The molecule has 0 spiro atoms. The van der Waals surface area contributed by atoms with E-state index in [1.165, 1.54) is 12.1 Å². The summed E-state index contributed by atoms with van der Waals surface area (Å²) < 4.78 is 24.4. The highest BCUT2D eigenvalue weighted by Crippen LogP contribution is 2.32. The Balaban J connectivity index is 1.72. The zero-order chi connectivity index (χ0) is 20.6.